The summed E-state index contributed by atoms with van der Waals surface area (Å²) in [5, 5.41) is 11.0. The van der Waals surface area contributed by atoms with Crippen LogP contribution in [0.1, 0.15) is 48.3 Å². The van der Waals surface area contributed by atoms with Crippen molar-refractivity contribution in [1.82, 2.24) is 4.90 Å². The third-order valence-electron chi connectivity index (χ3n) is 3.67. The van der Waals surface area contributed by atoms with Crippen LogP contribution in [-0.4, -0.2) is 28.1 Å². The van der Waals surface area contributed by atoms with Gasteiger partial charge >= 0.3 is 5.97 Å². The summed E-state index contributed by atoms with van der Waals surface area (Å²) in [5.74, 6) is -0.799. The first-order valence-corrected chi connectivity index (χ1v) is 7.03. The van der Waals surface area contributed by atoms with Crippen molar-refractivity contribution in [3.05, 3.63) is 21.9 Å². The van der Waals surface area contributed by atoms with Gasteiger partial charge in [-0.05, 0) is 43.7 Å². The van der Waals surface area contributed by atoms with Gasteiger partial charge < -0.3 is 5.11 Å². The van der Waals surface area contributed by atoms with Crippen LogP contribution in [0.3, 0.4) is 0 Å². The van der Waals surface area contributed by atoms with Gasteiger partial charge in [0, 0.05) is 18.6 Å². The fraction of sp³-hybridized carbons (Fsp3) is 0.615. The topological polar surface area (TPSA) is 40.5 Å². The third kappa shape index (κ3) is 2.69. The van der Waals surface area contributed by atoms with Crippen molar-refractivity contribution >= 4 is 17.3 Å². The lowest BCUT2D eigenvalue weighted by Gasteiger charge is -2.39. The number of likely N-dealkylation sites (tertiary alicyclic amines) is 1. The highest BCUT2D eigenvalue weighted by Gasteiger charge is 2.26. The lowest BCUT2D eigenvalue weighted by Crippen LogP contribution is -2.43. The molecule has 0 saturated carbocycles. The molecule has 94 valence electrons. The van der Waals surface area contributed by atoms with E-state index in [1.807, 2.05) is 11.4 Å². The second-order valence-electron chi connectivity index (χ2n) is 4.88. The molecule has 1 aliphatic heterocycles. The fourth-order valence-corrected chi connectivity index (χ4v) is 3.38. The summed E-state index contributed by atoms with van der Waals surface area (Å²) < 4.78 is 0. The lowest BCUT2D eigenvalue weighted by atomic mass is 9.97. The molecule has 1 aliphatic rings. The van der Waals surface area contributed by atoms with Crippen molar-refractivity contribution in [3.8, 4) is 0 Å². The summed E-state index contributed by atoms with van der Waals surface area (Å²) in [5.41, 5.74) is 0.961. The Kier molecular flexibility index (Phi) is 3.84. The largest absolute Gasteiger partial charge is 0.477 e. The number of hydrogen-bond acceptors (Lipinski definition) is 3. The molecule has 0 aromatic carbocycles. The average molecular weight is 253 g/mol. The molecule has 4 heteroatoms. The molecule has 1 aromatic rings. The molecule has 2 atom stereocenters. The summed E-state index contributed by atoms with van der Waals surface area (Å²) in [6, 6.07) is 3.06. The first kappa shape index (κ1) is 12.6. The van der Waals surface area contributed by atoms with Crippen LogP contribution in [0.2, 0.25) is 0 Å². The molecule has 1 fully saturated rings. The van der Waals surface area contributed by atoms with Gasteiger partial charge in [-0.25, -0.2) is 4.79 Å². The minimum absolute atomic E-state index is 0.495. The average Bonchev–Trinajstić information content (AvgIpc) is 2.72. The molecular weight excluding hydrogens is 234 g/mol. The van der Waals surface area contributed by atoms with Gasteiger partial charge in [-0.15, -0.1) is 11.3 Å². The van der Waals surface area contributed by atoms with Gasteiger partial charge in [0.05, 0.1) is 0 Å². The molecule has 0 bridgehead atoms. The summed E-state index contributed by atoms with van der Waals surface area (Å²) in [7, 11) is 0. The number of thiophene rings is 1. The fourth-order valence-electron chi connectivity index (χ4n) is 2.63. The van der Waals surface area contributed by atoms with Gasteiger partial charge in [0.15, 0.2) is 0 Å². The highest BCUT2D eigenvalue weighted by Crippen LogP contribution is 2.27. The summed E-state index contributed by atoms with van der Waals surface area (Å²) in [4.78, 5) is 14.0. The minimum atomic E-state index is -0.799. The van der Waals surface area contributed by atoms with Crippen LogP contribution in [0, 0.1) is 0 Å². The Labute approximate surface area is 106 Å². The molecule has 2 heterocycles. The van der Waals surface area contributed by atoms with E-state index in [1.54, 1.807) is 0 Å². The van der Waals surface area contributed by atoms with E-state index in [-0.39, 0.29) is 0 Å². The van der Waals surface area contributed by atoms with E-state index in [0.717, 1.165) is 12.1 Å². The van der Waals surface area contributed by atoms with E-state index in [2.05, 4.69) is 18.7 Å². The van der Waals surface area contributed by atoms with E-state index >= 15 is 0 Å². The maximum atomic E-state index is 11.1. The number of carboxylic acid groups (broad SMARTS) is 1. The first-order chi connectivity index (χ1) is 8.09. The van der Waals surface area contributed by atoms with Crippen molar-refractivity contribution < 1.29 is 9.90 Å². The highest BCUT2D eigenvalue weighted by molar-refractivity contribution is 7.12. The third-order valence-corrected chi connectivity index (χ3v) is 4.61. The van der Waals surface area contributed by atoms with Crippen LogP contribution < -0.4 is 0 Å². The maximum Gasteiger partial charge on any atom is 0.346 e. The highest BCUT2D eigenvalue weighted by atomic mass is 32.1. The number of piperidine rings is 1. The van der Waals surface area contributed by atoms with Gasteiger partial charge in [0.25, 0.3) is 0 Å². The van der Waals surface area contributed by atoms with Gasteiger partial charge in [-0.2, -0.15) is 0 Å². The monoisotopic (exact) mass is 253 g/mol. The predicted octanol–water partition coefficient (Wildman–Crippen LogP) is 3.21. The molecule has 0 radical (unpaired) electrons. The Hall–Kier alpha value is -0.870. The SMILES string of the molecule is C[C@@H]1CCC[C@H](C)N1Cc1ccsc1C(=O)O. The zero-order valence-electron chi connectivity index (χ0n) is 10.3. The molecule has 1 aromatic heterocycles. The zero-order chi connectivity index (χ0) is 12.4. The Balaban J connectivity index is 2.13. The maximum absolute atomic E-state index is 11.1. The standard InChI is InChI=1S/C13H19NO2S/c1-9-4-3-5-10(2)14(9)8-11-6-7-17-12(11)13(15)16/h6-7,9-10H,3-5,8H2,1-2H3,(H,15,16)/t9-,10+. The smallest absolute Gasteiger partial charge is 0.346 e. The number of rotatable bonds is 3. The van der Waals surface area contributed by atoms with Gasteiger partial charge in [-0.1, -0.05) is 6.42 Å². The molecule has 0 aliphatic carbocycles. The second-order valence-corrected chi connectivity index (χ2v) is 5.80. The molecule has 1 saturated heterocycles. The van der Waals surface area contributed by atoms with Crippen LogP contribution in [0.5, 0.6) is 0 Å². The molecule has 0 spiro atoms. The number of carboxylic acids is 1. The number of hydrogen-bond donors (Lipinski definition) is 1. The summed E-state index contributed by atoms with van der Waals surface area (Å²) in [6.45, 7) is 5.25. The predicted molar refractivity (Wildman–Crippen MR) is 69.6 cm³/mol. The lowest BCUT2D eigenvalue weighted by molar-refractivity contribution is 0.0692. The van der Waals surface area contributed by atoms with E-state index in [0.29, 0.717) is 17.0 Å². The van der Waals surface area contributed by atoms with Crippen molar-refractivity contribution in [3.63, 3.8) is 0 Å². The zero-order valence-corrected chi connectivity index (χ0v) is 11.2. The van der Waals surface area contributed by atoms with E-state index in [4.69, 9.17) is 5.11 Å². The Morgan fingerprint density at radius 3 is 2.71 bits per heavy atom. The Bertz CT molecular complexity index is 392. The van der Waals surface area contributed by atoms with Crippen molar-refractivity contribution in [2.45, 2.75) is 51.7 Å². The number of carbonyl (C=O) groups is 1. The van der Waals surface area contributed by atoms with E-state index in [9.17, 15) is 4.79 Å². The van der Waals surface area contributed by atoms with Crippen LogP contribution >= 0.6 is 11.3 Å². The van der Waals surface area contributed by atoms with Crippen LogP contribution in [0.25, 0.3) is 0 Å². The number of nitrogens with zero attached hydrogens (tertiary/aromatic N) is 1. The normalized spacial score (nSPS) is 26.0. The van der Waals surface area contributed by atoms with E-state index < -0.39 is 5.97 Å². The molecule has 17 heavy (non-hydrogen) atoms. The second kappa shape index (κ2) is 5.19. The quantitative estimate of drug-likeness (QED) is 0.899. The van der Waals surface area contributed by atoms with Gasteiger partial charge in [-0.3, -0.25) is 4.90 Å². The Morgan fingerprint density at radius 1 is 1.47 bits per heavy atom. The molecule has 2 rings (SSSR count). The Morgan fingerprint density at radius 2 is 2.12 bits per heavy atom. The molecule has 0 amide bonds. The van der Waals surface area contributed by atoms with Crippen molar-refractivity contribution in [1.29, 1.82) is 0 Å². The van der Waals surface area contributed by atoms with Crippen molar-refractivity contribution in [2.24, 2.45) is 0 Å². The minimum Gasteiger partial charge on any atom is -0.477 e. The van der Waals surface area contributed by atoms with Gasteiger partial charge in [0.1, 0.15) is 4.88 Å². The van der Waals surface area contributed by atoms with E-state index in [1.165, 1.54) is 30.6 Å². The molecule has 3 nitrogen and oxygen atoms in total. The molecular formula is C13H19NO2S. The first-order valence-electron chi connectivity index (χ1n) is 6.15. The van der Waals surface area contributed by atoms with Crippen molar-refractivity contribution in [2.75, 3.05) is 0 Å². The molecule has 0 unspecified atom stereocenters. The van der Waals surface area contributed by atoms with Crippen LogP contribution in [0.15, 0.2) is 11.4 Å². The number of aromatic carboxylic acids is 1. The van der Waals surface area contributed by atoms with Crippen LogP contribution in [-0.2, 0) is 6.54 Å². The van der Waals surface area contributed by atoms with Crippen LogP contribution in [0.4, 0.5) is 0 Å². The summed E-state index contributed by atoms with van der Waals surface area (Å²) >= 11 is 1.32. The van der Waals surface area contributed by atoms with Gasteiger partial charge in [0.2, 0.25) is 0 Å². The summed E-state index contributed by atoms with van der Waals surface area (Å²) in [6.07, 6.45) is 3.72. The molecule has 1 N–H and O–H groups in total.